The fraction of sp³-hybridized carbons (Fsp3) is 0.150. The summed E-state index contributed by atoms with van der Waals surface area (Å²) < 4.78 is 15.6. The van der Waals surface area contributed by atoms with E-state index in [1.165, 1.54) is 0 Å². The number of hydrogen-bond donors (Lipinski definition) is 3. The van der Waals surface area contributed by atoms with E-state index in [1.54, 1.807) is 30.9 Å². The van der Waals surface area contributed by atoms with E-state index in [0.29, 0.717) is 39.1 Å². The van der Waals surface area contributed by atoms with Crippen molar-refractivity contribution in [2.45, 2.75) is 19.9 Å². The molecule has 0 aliphatic rings. The Labute approximate surface area is 164 Å². The maximum absolute atomic E-state index is 15.6. The molecule has 8 nitrogen and oxygen atoms in total. The van der Waals surface area contributed by atoms with Crippen LogP contribution < -0.4 is 5.32 Å². The molecule has 0 fully saturated rings. The van der Waals surface area contributed by atoms with Crippen molar-refractivity contribution in [2.75, 3.05) is 5.32 Å². The van der Waals surface area contributed by atoms with Gasteiger partial charge in [-0.1, -0.05) is 0 Å². The van der Waals surface area contributed by atoms with Crippen LogP contribution in [-0.2, 0) is 0 Å². The van der Waals surface area contributed by atoms with Crippen LogP contribution in [0.25, 0.3) is 44.8 Å². The van der Waals surface area contributed by atoms with Gasteiger partial charge < -0.3 is 10.3 Å². The van der Waals surface area contributed by atoms with Gasteiger partial charge in [0.05, 0.1) is 22.8 Å². The highest BCUT2D eigenvalue weighted by atomic mass is 19.1. The standard InChI is InChI=1S/C20H17FN8/c1-10(2)25-12-6-11(7-22-8-12)17-16(21)15-14(9-24-17)28-29-18(15)20-26-13-4-3-5-23-19(13)27-20/h3-10,25H,1-2H3,(H,28,29)(H,23,26,27). The number of imidazole rings is 1. The Kier molecular flexibility index (Phi) is 3.94. The second kappa shape index (κ2) is 6.62. The van der Waals surface area contributed by atoms with Crippen LogP contribution in [0.1, 0.15) is 13.8 Å². The van der Waals surface area contributed by atoms with E-state index >= 15 is 4.39 Å². The lowest BCUT2D eigenvalue weighted by Crippen LogP contribution is -2.09. The molecule has 3 N–H and O–H groups in total. The normalized spacial score (nSPS) is 11.6. The molecule has 0 unspecified atom stereocenters. The molecule has 0 radical (unpaired) electrons. The lowest BCUT2D eigenvalue weighted by Gasteiger charge is -2.11. The predicted octanol–water partition coefficient (Wildman–Crippen LogP) is 3.92. The monoisotopic (exact) mass is 388 g/mol. The van der Waals surface area contributed by atoms with E-state index in [-0.39, 0.29) is 11.7 Å². The van der Waals surface area contributed by atoms with Gasteiger partial charge in [0, 0.05) is 30.2 Å². The lowest BCUT2D eigenvalue weighted by atomic mass is 10.1. The summed E-state index contributed by atoms with van der Waals surface area (Å²) in [7, 11) is 0. The van der Waals surface area contributed by atoms with Gasteiger partial charge in [0.1, 0.15) is 16.9 Å². The van der Waals surface area contributed by atoms with Crippen LogP contribution in [0.4, 0.5) is 10.1 Å². The molecule has 9 heteroatoms. The molecule has 0 aliphatic heterocycles. The molecule has 0 saturated heterocycles. The zero-order valence-electron chi connectivity index (χ0n) is 15.7. The number of aromatic amines is 2. The molecule has 0 spiro atoms. The molecular weight excluding hydrogens is 371 g/mol. The fourth-order valence-corrected chi connectivity index (χ4v) is 3.29. The van der Waals surface area contributed by atoms with E-state index in [9.17, 15) is 0 Å². The minimum absolute atomic E-state index is 0.203. The Morgan fingerprint density at radius 1 is 1.10 bits per heavy atom. The Bertz CT molecular complexity index is 1300. The molecule has 29 heavy (non-hydrogen) atoms. The van der Waals surface area contributed by atoms with Crippen molar-refractivity contribution in [2.24, 2.45) is 0 Å². The summed E-state index contributed by atoms with van der Waals surface area (Å²) in [6.07, 6.45) is 6.52. The van der Waals surface area contributed by atoms with Gasteiger partial charge in [-0.15, -0.1) is 0 Å². The SMILES string of the molecule is CC(C)Nc1cncc(-c2ncc3[nH]nc(-c4nc5cccnc5[nH]4)c3c2F)c1. The first-order valence-corrected chi connectivity index (χ1v) is 9.16. The summed E-state index contributed by atoms with van der Waals surface area (Å²) in [6, 6.07) is 5.69. The van der Waals surface area contributed by atoms with Crippen LogP contribution in [-0.4, -0.2) is 41.2 Å². The number of anilines is 1. The number of fused-ring (bicyclic) bond motifs is 2. The summed E-state index contributed by atoms with van der Waals surface area (Å²) in [5, 5.41) is 10.7. The first kappa shape index (κ1) is 17.2. The Morgan fingerprint density at radius 3 is 2.83 bits per heavy atom. The summed E-state index contributed by atoms with van der Waals surface area (Å²) >= 11 is 0. The van der Waals surface area contributed by atoms with Gasteiger partial charge in [-0.3, -0.25) is 15.1 Å². The third-order valence-corrected chi connectivity index (χ3v) is 4.49. The number of pyridine rings is 3. The second-order valence-electron chi connectivity index (χ2n) is 7.00. The molecule has 0 saturated carbocycles. The minimum atomic E-state index is -0.483. The van der Waals surface area contributed by atoms with Crippen LogP contribution in [0.15, 0.2) is 43.0 Å². The zero-order chi connectivity index (χ0) is 20.0. The van der Waals surface area contributed by atoms with Gasteiger partial charge in [0.2, 0.25) is 0 Å². The van der Waals surface area contributed by atoms with Gasteiger partial charge in [-0.25, -0.2) is 14.4 Å². The van der Waals surface area contributed by atoms with E-state index in [1.807, 2.05) is 26.0 Å². The molecule has 0 bridgehead atoms. The van der Waals surface area contributed by atoms with Crippen molar-refractivity contribution >= 4 is 27.8 Å². The number of H-pyrrole nitrogens is 2. The van der Waals surface area contributed by atoms with Crippen molar-refractivity contribution in [3.8, 4) is 22.8 Å². The van der Waals surface area contributed by atoms with Gasteiger partial charge in [0.15, 0.2) is 17.3 Å². The highest BCUT2D eigenvalue weighted by Gasteiger charge is 2.20. The molecule has 5 heterocycles. The average Bonchev–Trinajstić information content (AvgIpc) is 3.32. The topological polar surface area (TPSA) is 108 Å². The average molecular weight is 388 g/mol. The van der Waals surface area contributed by atoms with Crippen molar-refractivity contribution in [1.29, 1.82) is 0 Å². The van der Waals surface area contributed by atoms with Crippen molar-refractivity contribution in [3.63, 3.8) is 0 Å². The smallest absolute Gasteiger partial charge is 0.161 e. The van der Waals surface area contributed by atoms with Crippen molar-refractivity contribution in [1.82, 2.24) is 35.1 Å². The first-order valence-electron chi connectivity index (χ1n) is 9.16. The number of aromatic nitrogens is 7. The quantitative estimate of drug-likeness (QED) is 0.431. The largest absolute Gasteiger partial charge is 0.382 e. The number of nitrogens with zero attached hydrogens (tertiary/aromatic N) is 5. The minimum Gasteiger partial charge on any atom is -0.382 e. The Hall–Kier alpha value is -3.88. The van der Waals surface area contributed by atoms with Crippen LogP contribution in [0.2, 0.25) is 0 Å². The number of hydrogen-bond acceptors (Lipinski definition) is 6. The van der Waals surface area contributed by atoms with Gasteiger partial charge >= 0.3 is 0 Å². The van der Waals surface area contributed by atoms with Crippen molar-refractivity contribution < 1.29 is 4.39 Å². The van der Waals surface area contributed by atoms with Gasteiger partial charge in [-0.2, -0.15) is 5.10 Å². The van der Waals surface area contributed by atoms with Gasteiger partial charge in [-0.05, 0) is 32.0 Å². The summed E-state index contributed by atoms with van der Waals surface area (Å²) in [4.78, 5) is 20.3. The zero-order valence-corrected chi connectivity index (χ0v) is 15.7. The molecule has 5 aromatic rings. The molecule has 5 aromatic heterocycles. The third kappa shape index (κ3) is 2.96. The molecule has 0 amide bonds. The number of halogens is 1. The van der Waals surface area contributed by atoms with Gasteiger partial charge in [0.25, 0.3) is 0 Å². The van der Waals surface area contributed by atoms with E-state index in [2.05, 4.69) is 40.4 Å². The summed E-state index contributed by atoms with van der Waals surface area (Å²) in [6.45, 7) is 4.05. The number of nitrogens with one attached hydrogen (secondary N) is 3. The van der Waals surface area contributed by atoms with E-state index in [4.69, 9.17) is 0 Å². The summed E-state index contributed by atoms with van der Waals surface area (Å²) in [5.74, 6) is -0.0440. The first-order chi connectivity index (χ1) is 14.1. The molecule has 0 aliphatic carbocycles. The summed E-state index contributed by atoms with van der Waals surface area (Å²) in [5.41, 5.74) is 3.75. The van der Waals surface area contributed by atoms with E-state index in [0.717, 1.165) is 5.69 Å². The highest BCUT2D eigenvalue weighted by Crippen LogP contribution is 2.32. The molecule has 0 aromatic carbocycles. The third-order valence-electron chi connectivity index (χ3n) is 4.49. The van der Waals surface area contributed by atoms with Crippen molar-refractivity contribution in [3.05, 3.63) is 48.8 Å². The van der Waals surface area contributed by atoms with Crippen LogP contribution in [0.3, 0.4) is 0 Å². The van der Waals surface area contributed by atoms with Crippen LogP contribution >= 0.6 is 0 Å². The predicted molar refractivity (Wildman–Crippen MR) is 109 cm³/mol. The van der Waals surface area contributed by atoms with Crippen LogP contribution in [0.5, 0.6) is 0 Å². The molecular formula is C20H17FN8. The molecule has 0 atom stereocenters. The fourth-order valence-electron chi connectivity index (χ4n) is 3.29. The molecule has 5 rings (SSSR count). The second-order valence-corrected chi connectivity index (χ2v) is 7.00. The van der Waals surface area contributed by atoms with Crippen LogP contribution in [0, 0.1) is 5.82 Å². The lowest BCUT2D eigenvalue weighted by molar-refractivity contribution is 0.638. The number of rotatable bonds is 4. The maximum Gasteiger partial charge on any atom is 0.161 e. The molecule has 144 valence electrons. The maximum atomic E-state index is 15.6. The Morgan fingerprint density at radius 2 is 2.00 bits per heavy atom. The van der Waals surface area contributed by atoms with E-state index < -0.39 is 5.82 Å². The Balaban J connectivity index is 1.66. The highest BCUT2D eigenvalue weighted by molar-refractivity contribution is 5.95.